The molecular weight excluding hydrogens is 282 g/mol. The number of aromatic nitrogens is 1. The van der Waals surface area contributed by atoms with E-state index in [1.807, 2.05) is 23.8 Å². The lowest BCUT2D eigenvalue weighted by Crippen LogP contribution is -2.14. The lowest BCUT2D eigenvalue weighted by molar-refractivity contribution is 0.763. The van der Waals surface area contributed by atoms with Crippen LogP contribution in [-0.4, -0.2) is 4.57 Å². The first-order valence-electron chi connectivity index (χ1n) is 4.05. The molecule has 0 radical (unpaired) electrons. The first-order valence-corrected chi connectivity index (χ1v) is 6.60. The quantitative estimate of drug-likeness (QED) is 0.833. The van der Waals surface area contributed by atoms with Gasteiger partial charge in [-0.3, -0.25) is 9.36 Å². The van der Waals surface area contributed by atoms with Crippen LogP contribution in [0.2, 0.25) is 0 Å². The number of thiazole rings is 1. The van der Waals surface area contributed by atoms with Gasteiger partial charge in [-0.2, -0.15) is 0 Å². The minimum Gasteiger partial charge on any atom is -0.298 e. The summed E-state index contributed by atoms with van der Waals surface area (Å²) in [6.07, 6.45) is 0. The molecule has 0 bridgehead atoms. The molecule has 2 nitrogen and oxygen atoms in total. The van der Waals surface area contributed by atoms with Crippen LogP contribution in [0.1, 0.15) is 10.6 Å². The first-order chi connectivity index (χ1) is 6.68. The average Bonchev–Trinajstić information content (AvgIpc) is 2.67. The van der Waals surface area contributed by atoms with Crippen molar-refractivity contribution in [3.05, 3.63) is 41.5 Å². The van der Waals surface area contributed by atoms with E-state index in [2.05, 4.69) is 15.9 Å². The summed E-state index contributed by atoms with van der Waals surface area (Å²) in [5.41, 5.74) is 1.03. The Morgan fingerprint density at radius 3 is 2.79 bits per heavy atom. The highest BCUT2D eigenvalue weighted by atomic mass is 79.9. The maximum atomic E-state index is 11.4. The monoisotopic (exact) mass is 289 g/mol. The topological polar surface area (TPSA) is 22.0 Å². The molecule has 0 atom stereocenters. The standard InChI is InChI=1S/C9H8BrNOS2/c1-6-5-14-9(12)11(6)4-8-7(10)2-3-13-8/h2-3,5H,4H2,1H3. The van der Waals surface area contributed by atoms with Crippen molar-refractivity contribution in [1.82, 2.24) is 4.57 Å². The highest BCUT2D eigenvalue weighted by Crippen LogP contribution is 2.23. The molecule has 2 aromatic heterocycles. The molecule has 0 amide bonds. The first kappa shape index (κ1) is 10.1. The van der Waals surface area contributed by atoms with Crippen molar-refractivity contribution >= 4 is 38.6 Å². The second kappa shape index (κ2) is 4.00. The Hall–Kier alpha value is -0.390. The van der Waals surface area contributed by atoms with Gasteiger partial charge in [-0.15, -0.1) is 11.3 Å². The number of hydrogen-bond donors (Lipinski definition) is 0. The molecule has 0 unspecified atom stereocenters. The van der Waals surface area contributed by atoms with E-state index < -0.39 is 0 Å². The highest BCUT2D eigenvalue weighted by molar-refractivity contribution is 9.10. The van der Waals surface area contributed by atoms with Gasteiger partial charge < -0.3 is 0 Å². The molecule has 2 aromatic rings. The van der Waals surface area contributed by atoms with Gasteiger partial charge in [0.25, 0.3) is 0 Å². The zero-order chi connectivity index (χ0) is 10.1. The van der Waals surface area contributed by atoms with E-state index in [0.717, 1.165) is 10.2 Å². The molecule has 5 heteroatoms. The predicted octanol–water partition coefficient (Wildman–Crippen LogP) is 3.09. The summed E-state index contributed by atoms with van der Waals surface area (Å²) in [6.45, 7) is 2.63. The van der Waals surface area contributed by atoms with Crippen molar-refractivity contribution in [2.75, 3.05) is 0 Å². The number of aryl methyl sites for hydroxylation is 1. The third-order valence-electron chi connectivity index (χ3n) is 1.97. The number of thiophene rings is 1. The zero-order valence-electron chi connectivity index (χ0n) is 7.49. The molecule has 0 aliphatic rings. The van der Waals surface area contributed by atoms with Crippen molar-refractivity contribution in [3.8, 4) is 0 Å². The third-order valence-corrected chi connectivity index (χ3v) is 4.76. The van der Waals surface area contributed by atoms with Crippen LogP contribution in [0.25, 0.3) is 0 Å². The summed E-state index contributed by atoms with van der Waals surface area (Å²) in [7, 11) is 0. The van der Waals surface area contributed by atoms with Crippen LogP contribution >= 0.6 is 38.6 Å². The fourth-order valence-corrected chi connectivity index (χ4v) is 3.38. The van der Waals surface area contributed by atoms with Crippen LogP contribution < -0.4 is 4.87 Å². The maximum absolute atomic E-state index is 11.4. The molecule has 14 heavy (non-hydrogen) atoms. The number of hydrogen-bond acceptors (Lipinski definition) is 3. The van der Waals surface area contributed by atoms with Crippen LogP contribution in [0.4, 0.5) is 0 Å². The molecule has 2 rings (SSSR count). The van der Waals surface area contributed by atoms with Crippen LogP contribution in [0.5, 0.6) is 0 Å². The van der Waals surface area contributed by atoms with E-state index in [9.17, 15) is 4.79 Å². The van der Waals surface area contributed by atoms with Crippen LogP contribution in [0.3, 0.4) is 0 Å². The average molecular weight is 290 g/mol. The van der Waals surface area contributed by atoms with Gasteiger partial charge >= 0.3 is 4.87 Å². The highest BCUT2D eigenvalue weighted by Gasteiger charge is 2.06. The Balaban J connectivity index is 2.36. The summed E-state index contributed by atoms with van der Waals surface area (Å²) in [5, 5.41) is 3.91. The zero-order valence-corrected chi connectivity index (χ0v) is 10.7. The normalized spacial score (nSPS) is 10.7. The molecule has 2 heterocycles. The fourth-order valence-electron chi connectivity index (χ4n) is 1.18. The summed E-state index contributed by atoms with van der Waals surface area (Å²) >= 11 is 6.38. The minimum absolute atomic E-state index is 0.114. The predicted molar refractivity (Wildman–Crippen MR) is 64.4 cm³/mol. The van der Waals surface area contributed by atoms with Crippen molar-refractivity contribution < 1.29 is 0 Å². The molecule has 0 spiro atoms. The molecule has 0 saturated heterocycles. The number of halogens is 1. The third kappa shape index (κ3) is 1.85. The SMILES string of the molecule is Cc1csc(=O)n1Cc1sccc1Br. The fraction of sp³-hybridized carbons (Fsp3) is 0.222. The van der Waals surface area contributed by atoms with E-state index in [-0.39, 0.29) is 4.87 Å². The van der Waals surface area contributed by atoms with Gasteiger partial charge in [-0.25, -0.2) is 0 Å². The number of rotatable bonds is 2. The largest absolute Gasteiger partial charge is 0.307 e. The smallest absolute Gasteiger partial charge is 0.298 e. The van der Waals surface area contributed by atoms with E-state index in [0.29, 0.717) is 6.54 Å². The molecule has 0 saturated carbocycles. The van der Waals surface area contributed by atoms with Gasteiger partial charge in [0, 0.05) is 20.4 Å². The summed E-state index contributed by atoms with van der Waals surface area (Å²) in [6, 6.07) is 2.01. The van der Waals surface area contributed by atoms with E-state index in [4.69, 9.17) is 0 Å². The Labute approximate surface area is 98.0 Å². The number of nitrogens with zero attached hydrogens (tertiary/aromatic N) is 1. The van der Waals surface area contributed by atoms with E-state index in [1.54, 1.807) is 15.9 Å². The van der Waals surface area contributed by atoms with Crippen molar-refractivity contribution in [3.63, 3.8) is 0 Å². The van der Waals surface area contributed by atoms with Gasteiger partial charge in [0.15, 0.2) is 0 Å². The minimum atomic E-state index is 0.114. The van der Waals surface area contributed by atoms with Gasteiger partial charge in [0.2, 0.25) is 0 Å². The van der Waals surface area contributed by atoms with Gasteiger partial charge in [-0.05, 0) is 34.3 Å². The van der Waals surface area contributed by atoms with Crippen LogP contribution in [0.15, 0.2) is 26.1 Å². The molecule has 74 valence electrons. The second-order valence-corrected chi connectivity index (χ2v) is 5.60. The van der Waals surface area contributed by atoms with E-state index in [1.165, 1.54) is 16.2 Å². The molecule has 0 fully saturated rings. The second-order valence-electron chi connectivity index (χ2n) is 2.92. The van der Waals surface area contributed by atoms with Crippen LogP contribution in [0, 0.1) is 6.92 Å². The van der Waals surface area contributed by atoms with Gasteiger partial charge in [0.1, 0.15) is 0 Å². The van der Waals surface area contributed by atoms with Gasteiger partial charge in [-0.1, -0.05) is 11.3 Å². The Morgan fingerprint density at radius 1 is 1.50 bits per heavy atom. The van der Waals surface area contributed by atoms with Gasteiger partial charge in [0.05, 0.1) is 6.54 Å². The molecule has 0 aromatic carbocycles. The maximum Gasteiger partial charge on any atom is 0.307 e. The summed E-state index contributed by atoms with van der Waals surface area (Å²) in [4.78, 5) is 12.8. The molecule has 0 aliphatic carbocycles. The van der Waals surface area contributed by atoms with E-state index >= 15 is 0 Å². The summed E-state index contributed by atoms with van der Waals surface area (Å²) < 4.78 is 2.88. The van der Waals surface area contributed by atoms with Crippen molar-refractivity contribution in [2.24, 2.45) is 0 Å². The molecule has 0 N–H and O–H groups in total. The van der Waals surface area contributed by atoms with Crippen molar-refractivity contribution in [1.29, 1.82) is 0 Å². The Morgan fingerprint density at radius 2 is 2.29 bits per heavy atom. The molecular formula is C9H8BrNOS2. The summed E-state index contributed by atoms with van der Waals surface area (Å²) in [5.74, 6) is 0. The Bertz CT molecular complexity index is 497. The lowest BCUT2D eigenvalue weighted by atomic mass is 10.4. The lowest BCUT2D eigenvalue weighted by Gasteiger charge is -2.02. The van der Waals surface area contributed by atoms with Crippen molar-refractivity contribution in [2.45, 2.75) is 13.5 Å². The molecule has 0 aliphatic heterocycles. The van der Waals surface area contributed by atoms with Crippen LogP contribution in [-0.2, 0) is 6.54 Å². The Kier molecular flexibility index (Phi) is 2.90.